The summed E-state index contributed by atoms with van der Waals surface area (Å²) in [6, 6.07) is 55.6. The van der Waals surface area contributed by atoms with Crippen LogP contribution in [0, 0.1) is 5.92 Å². The second-order valence-corrected chi connectivity index (χ2v) is 35.1. The number of pyridine rings is 5. The van der Waals surface area contributed by atoms with Gasteiger partial charge in [0.15, 0.2) is 28.6 Å². The number of hydrogen-bond donors (Lipinski definition) is 9. The lowest BCUT2D eigenvalue weighted by Gasteiger charge is -2.30. The van der Waals surface area contributed by atoms with Crippen LogP contribution >= 0.6 is 0 Å². The fraction of sp³-hybridized carbons (Fsp3) is 0.226. The van der Waals surface area contributed by atoms with Crippen molar-refractivity contribution in [2.45, 2.75) is 109 Å². The molecule has 3 aliphatic rings. The van der Waals surface area contributed by atoms with Gasteiger partial charge in [-0.25, -0.2) is 8.78 Å². The van der Waals surface area contributed by atoms with E-state index in [0.29, 0.717) is 91.9 Å². The van der Waals surface area contributed by atoms with E-state index in [0.717, 1.165) is 163 Å². The van der Waals surface area contributed by atoms with Gasteiger partial charge in [0.1, 0.15) is 17.2 Å². The van der Waals surface area contributed by atoms with Gasteiger partial charge in [-0.2, -0.15) is 59.9 Å². The monoisotopic (exact) mass is 1970 g/mol. The largest absolute Gasteiger partial charge is 0.456 e. The second-order valence-electron chi connectivity index (χ2n) is 35.1. The number of nitrogens with zero attached hydrogens (tertiary/aromatic N) is 12. The third-order valence-corrected chi connectivity index (χ3v) is 24.8. The van der Waals surface area contributed by atoms with E-state index >= 15 is 0 Å². The van der Waals surface area contributed by atoms with Crippen LogP contribution in [-0.4, -0.2) is 166 Å². The van der Waals surface area contributed by atoms with Crippen molar-refractivity contribution in [3.63, 3.8) is 0 Å². The summed E-state index contributed by atoms with van der Waals surface area (Å²) in [4.78, 5) is 92.1. The number of halogens is 11. The van der Waals surface area contributed by atoms with Crippen LogP contribution in [0.15, 0.2) is 268 Å². The zero-order valence-electron chi connectivity index (χ0n) is 77.3. The lowest BCUT2D eigenvalue weighted by molar-refractivity contribution is -0.138. The Balaban J connectivity index is 0.000000132. The zero-order chi connectivity index (χ0) is 101. The highest BCUT2D eigenvalue weighted by Crippen LogP contribution is 2.39. The molecule has 0 atom stereocenters. The lowest BCUT2D eigenvalue weighted by Crippen LogP contribution is -2.36. The van der Waals surface area contributed by atoms with E-state index in [-0.39, 0.29) is 64.7 Å². The third kappa shape index (κ3) is 24.9. The van der Waals surface area contributed by atoms with Crippen LogP contribution in [0.1, 0.15) is 145 Å². The molecular weight excluding hydrogens is 1870 g/mol. The smallest absolute Gasteiger partial charge is 0.416 e. The molecule has 17 aromatic rings. The average molecular weight is 1970 g/mol. The predicted octanol–water partition coefficient (Wildman–Crippen LogP) is 22.8. The number of aliphatic hydroxyl groups excluding tert-OH is 1. The highest BCUT2D eigenvalue weighted by molar-refractivity contribution is 6.15. The minimum Gasteiger partial charge on any atom is -0.456 e. The van der Waals surface area contributed by atoms with Crippen LogP contribution in [0.25, 0.3) is 88.1 Å². The van der Waals surface area contributed by atoms with Crippen molar-refractivity contribution in [2.75, 3.05) is 60.5 Å². The molecule has 38 heteroatoms. The van der Waals surface area contributed by atoms with E-state index in [1.807, 2.05) is 116 Å². The summed E-state index contributed by atoms with van der Waals surface area (Å²) in [6.45, 7) is 10.1. The molecule has 736 valence electrons. The first-order chi connectivity index (χ1) is 69.2. The highest BCUT2D eigenvalue weighted by atomic mass is 19.4. The first-order valence-electron chi connectivity index (χ1n) is 46.2. The van der Waals surface area contributed by atoms with Crippen LogP contribution in [0.2, 0.25) is 0 Å². The normalized spacial score (nSPS) is 14.1. The Morgan fingerprint density at radius 1 is 0.396 bits per heavy atom. The molecule has 4 amide bonds. The molecule has 12 heterocycles. The van der Waals surface area contributed by atoms with Gasteiger partial charge in [0.25, 0.3) is 29.6 Å². The fourth-order valence-corrected chi connectivity index (χ4v) is 16.8. The number of likely N-dealkylation sites (tertiary alicyclic amines) is 3. The number of aliphatic hydroxyl groups is 1. The molecule has 0 radical (unpaired) electrons. The minimum atomic E-state index is -4.45. The van der Waals surface area contributed by atoms with Crippen molar-refractivity contribution in [2.24, 2.45) is 5.92 Å². The Morgan fingerprint density at radius 3 is 1.09 bits per heavy atom. The molecule has 0 spiro atoms. The summed E-state index contributed by atoms with van der Waals surface area (Å²) in [5.41, 5.74) is 12.3. The van der Waals surface area contributed by atoms with E-state index in [4.69, 9.17) is 4.74 Å². The summed E-state index contributed by atoms with van der Waals surface area (Å²) in [7, 11) is 0. The van der Waals surface area contributed by atoms with Gasteiger partial charge in [0.2, 0.25) is 0 Å². The Bertz CT molecular complexity index is 7450. The number of piperidine rings is 1. The van der Waals surface area contributed by atoms with E-state index < -0.39 is 64.8 Å². The average Bonchev–Trinajstić information content (AvgIpc) is 1.64. The molecule has 3 fully saturated rings. The Kier molecular flexibility index (Phi) is 30.0. The number of benzene rings is 8. The maximum atomic E-state index is 13.6. The number of Topliss-reactive ketones (excluding diaryl/α,β-unsaturated/α-hetero) is 1. The molecule has 3 saturated heterocycles. The summed E-state index contributed by atoms with van der Waals surface area (Å²) in [5.74, 6) is -3.08. The molecule has 3 aliphatic heterocycles. The maximum absolute atomic E-state index is 13.6. The lowest BCUT2D eigenvalue weighted by atomic mass is 9.96. The van der Waals surface area contributed by atoms with E-state index in [1.165, 1.54) is 49.0 Å². The van der Waals surface area contributed by atoms with Crippen molar-refractivity contribution in [3.8, 4) is 56.0 Å². The van der Waals surface area contributed by atoms with Crippen molar-refractivity contribution in [3.05, 3.63) is 330 Å². The Morgan fingerprint density at radius 2 is 0.750 bits per heavy atom. The van der Waals surface area contributed by atoms with Crippen LogP contribution in [-0.2, 0) is 38.2 Å². The number of fused-ring (bicyclic) bond motifs is 4. The number of ketones is 1. The molecule has 9 aromatic heterocycles. The molecule has 9 N–H and O–H groups in total. The van der Waals surface area contributed by atoms with Gasteiger partial charge in [0, 0.05) is 156 Å². The van der Waals surface area contributed by atoms with Crippen LogP contribution < -0.4 is 26.0 Å². The van der Waals surface area contributed by atoms with Gasteiger partial charge >= 0.3 is 18.5 Å². The maximum Gasteiger partial charge on any atom is 0.416 e. The first kappa shape index (κ1) is 99.4. The van der Waals surface area contributed by atoms with Gasteiger partial charge < -0.3 is 31.1 Å². The number of carbonyl (C=O) groups is 5. The van der Waals surface area contributed by atoms with Crippen LogP contribution in [0.4, 0.5) is 71.0 Å². The van der Waals surface area contributed by atoms with Crippen molar-refractivity contribution < 1.29 is 82.1 Å². The topological polar surface area (TPSA) is 352 Å². The molecule has 0 aliphatic carbocycles. The number of hydrogen-bond acceptors (Lipinski definition) is 19. The number of anilines is 4. The first-order valence-corrected chi connectivity index (χ1v) is 46.2. The number of alkyl halides is 11. The van der Waals surface area contributed by atoms with E-state index in [1.54, 1.807) is 66.3 Å². The molecule has 8 aromatic carbocycles. The van der Waals surface area contributed by atoms with Crippen molar-refractivity contribution >= 4 is 95.8 Å². The Labute approximate surface area is 815 Å². The quantitative estimate of drug-likeness (QED) is 0.0190. The Hall–Kier alpha value is -16.2. The number of amides is 4. The predicted molar refractivity (Wildman–Crippen MR) is 522 cm³/mol. The molecule has 0 saturated carbocycles. The molecule has 20 rings (SSSR count). The molecule has 144 heavy (non-hydrogen) atoms. The van der Waals surface area contributed by atoms with Crippen molar-refractivity contribution in [1.82, 2.24) is 80.4 Å². The van der Waals surface area contributed by atoms with E-state index in [9.17, 15) is 77.4 Å². The van der Waals surface area contributed by atoms with Gasteiger partial charge in [0.05, 0.1) is 69.5 Å². The molecule has 0 bridgehead atoms. The van der Waals surface area contributed by atoms with E-state index in [2.05, 4.69) is 123 Å². The van der Waals surface area contributed by atoms with Gasteiger partial charge in [-0.15, -0.1) is 0 Å². The van der Waals surface area contributed by atoms with Gasteiger partial charge in [-0.1, -0.05) is 69.2 Å². The number of H-pyrrole nitrogens is 4. The summed E-state index contributed by atoms with van der Waals surface area (Å²) < 4.78 is 148. The summed E-state index contributed by atoms with van der Waals surface area (Å²) in [6.07, 6.45) is 6.81. The minimum absolute atomic E-state index is 0.00525. The fourth-order valence-electron chi connectivity index (χ4n) is 16.8. The molecule has 0 unspecified atom stereocenters. The van der Waals surface area contributed by atoms with Crippen LogP contribution in [0.5, 0.6) is 11.5 Å². The highest BCUT2D eigenvalue weighted by Gasteiger charge is 2.39. The number of ether oxygens (including phenoxy) is 1. The number of nitrogens with one attached hydrogen (secondary N) is 8. The number of rotatable bonds is 25. The molecule has 27 nitrogen and oxygen atoms in total. The summed E-state index contributed by atoms with van der Waals surface area (Å²) >= 11 is 0. The number of aromatic nitrogens is 13. The third-order valence-electron chi connectivity index (χ3n) is 24.8. The standard InChI is InChI=1S/C30H32F2N6O2.C26H24F3N5O2.C26H17F3N4O2.C24H20F3N5O/c1-3-19(4-2)12-27(39)26-8-6-23(16-34-26)35-29(40)28-24-13-21(5-7-25(24)36-37-28)22-11-20(14-33-15-22)17-38-10-9-30(31,32)18-38;27-26(28,29)19-2-4-20(5-3-19)31-25(36)24-22-12-17(1-6-23(22)32-33-24)18-11-16(13-30-14-18)15-34-9-7-21(35)8-10-34;27-26(28,29)18-7-9-19(10-8-18)31-25(34)24-22-13-16(6-11-23(22)32-33-24)17-12-21(15-30-14-17)35-20-4-2-1-3-5-20;25-24(26,27)18-3-5-19(6-4-18)29-23(33)22-20-11-16(2-7-21(20)30-31-22)17-10-15(12-28-13-17)14-32-8-1-9-32/h5-8,11,13-16,19H,3-4,9-10,12,17-18H2,1-2H3,(H,35,40)(H,36,37);1-6,11-14,21,35H,7-10,15H2,(H,31,36)(H,32,33);1-15H,(H,31,34)(H,32,33);2-7,10-13H,1,8-9,14H2,(H,29,33)(H,30,31). The van der Waals surface area contributed by atoms with Gasteiger partial charge in [-0.05, 0) is 247 Å². The summed E-state index contributed by atoms with van der Waals surface area (Å²) in [5, 5.41) is 50.6. The number of aromatic amines is 4. The number of para-hydroxylation sites is 1. The van der Waals surface area contributed by atoms with Gasteiger partial charge in [-0.3, -0.25) is 84.0 Å². The van der Waals surface area contributed by atoms with Crippen molar-refractivity contribution in [1.29, 1.82) is 0 Å². The number of carbonyl (C=O) groups excluding carboxylic acids is 5. The SMILES string of the molecule is CCC(CC)CC(=O)c1ccc(NC(=O)c2n[nH]c3ccc(-c4cncc(CN5CCC(F)(F)C5)c4)cc23)cn1.O=C(Nc1ccc(C(F)(F)F)cc1)c1n[nH]c2ccc(-c3cncc(CN4CCC(O)CC4)c3)cc12.O=C(Nc1ccc(C(F)(F)F)cc1)c1n[nH]c2ccc(-c3cncc(CN4CCC4)c3)cc12.O=C(Nc1ccc(C(F)(F)F)cc1)c1n[nH]c2ccc(-c3cncc(Oc4ccccc4)c3)cc12. The van der Waals surface area contributed by atoms with Crippen LogP contribution in [0.3, 0.4) is 0 Å². The second kappa shape index (κ2) is 43.5. The zero-order valence-corrected chi connectivity index (χ0v) is 77.3. The molecular formula is C106H93F11N20O7.